The average Bonchev–Trinajstić information content (AvgIpc) is 2.95. The van der Waals surface area contributed by atoms with E-state index in [0.29, 0.717) is 12.3 Å². The Kier molecular flexibility index (Phi) is 3.00. The zero-order valence-electron chi connectivity index (χ0n) is 8.42. The monoisotopic (exact) mass is 212 g/mol. The molecule has 0 saturated heterocycles. The molecule has 1 N–H and O–H groups in total. The second-order valence-electron chi connectivity index (χ2n) is 4.27. The minimum absolute atomic E-state index is 0.208. The summed E-state index contributed by atoms with van der Waals surface area (Å²) in [6.45, 7) is 0. The fraction of sp³-hybridized carbons (Fsp3) is 0.500. The molecule has 1 fully saturated rings. The van der Waals surface area contributed by atoms with E-state index < -0.39 is 17.7 Å². The van der Waals surface area contributed by atoms with E-state index in [4.69, 9.17) is 0 Å². The number of hydrogen-bond donors (Lipinski definition) is 1. The van der Waals surface area contributed by atoms with Crippen molar-refractivity contribution in [1.82, 2.24) is 0 Å². The van der Waals surface area contributed by atoms with Gasteiger partial charge in [0.2, 0.25) is 0 Å². The van der Waals surface area contributed by atoms with Gasteiger partial charge >= 0.3 is 0 Å². The van der Waals surface area contributed by atoms with Gasteiger partial charge in [-0.2, -0.15) is 0 Å². The van der Waals surface area contributed by atoms with Crippen molar-refractivity contribution in [3.8, 4) is 0 Å². The Morgan fingerprint density at radius 3 is 2.73 bits per heavy atom. The summed E-state index contributed by atoms with van der Waals surface area (Å²) in [5, 5.41) is 9.64. The van der Waals surface area contributed by atoms with Crippen LogP contribution in [0.2, 0.25) is 0 Å². The normalized spacial score (nSPS) is 17.8. The van der Waals surface area contributed by atoms with Gasteiger partial charge in [0, 0.05) is 6.42 Å². The Labute approximate surface area is 87.7 Å². The van der Waals surface area contributed by atoms with Gasteiger partial charge in [0.05, 0.1) is 6.10 Å². The molecule has 1 aromatic carbocycles. The van der Waals surface area contributed by atoms with E-state index in [0.717, 1.165) is 31.0 Å². The number of hydrogen-bond acceptors (Lipinski definition) is 1. The van der Waals surface area contributed by atoms with Crippen LogP contribution < -0.4 is 0 Å². The van der Waals surface area contributed by atoms with E-state index in [2.05, 4.69) is 0 Å². The first-order valence-corrected chi connectivity index (χ1v) is 5.27. The van der Waals surface area contributed by atoms with Crippen LogP contribution in [0.1, 0.15) is 24.8 Å². The highest BCUT2D eigenvalue weighted by molar-refractivity contribution is 5.19. The molecular formula is C12H14F2O. The Morgan fingerprint density at radius 2 is 2.07 bits per heavy atom. The molecule has 15 heavy (non-hydrogen) atoms. The molecule has 1 unspecified atom stereocenters. The summed E-state index contributed by atoms with van der Waals surface area (Å²) in [6, 6.07) is 3.35. The van der Waals surface area contributed by atoms with Crippen molar-refractivity contribution in [1.29, 1.82) is 0 Å². The second-order valence-corrected chi connectivity index (χ2v) is 4.27. The third-order valence-corrected chi connectivity index (χ3v) is 2.77. The molecule has 1 aromatic rings. The Morgan fingerprint density at radius 1 is 1.33 bits per heavy atom. The molecule has 0 radical (unpaired) electrons. The fourth-order valence-electron chi connectivity index (χ4n) is 1.78. The second kappa shape index (κ2) is 4.27. The minimum Gasteiger partial charge on any atom is -0.393 e. The predicted molar refractivity (Wildman–Crippen MR) is 53.4 cm³/mol. The largest absolute Gasteiger partial charge is 0.393 e. The molecule has 3 heteroatoms. The molecule has 82 valence electrons. The SMILES string of the molecule is OC(Cc1cc(F)ccc1F)CC1CC1. The zero-order chi connectivity index (χ0) is 10.8. The van der Waals surface area contributed by atoms with Gasteiger partial charge in [0.15, 0.2) is 0 Å². The van der Waals surface area contributed by atoms with Crippen molar-refractivity contribution in [2.75, 3.05) is 0 Å². The minimum atomic E-state index is -0.547. The van der Waals surface area contributed by atoms with Crippen LogP contribution in [0.25, 0.3) is 0 Å². The van der Waals surface area contributed by atoms with E-state index in [-0.39, 0.29) is 12.0 Å². The first-order valence-electron chi connectivity index (χ1n) is 5.27. The van der Waals surface area contributed by atoms with Crippen LogP contribution in [0.4, 0.5) is 8.78 Å². The third-order valence-electron chi connectivity index (χ3n) is 2.77. The first kappa shape index (κ1) is 10.6. The maximum absolute atomic E-state index is 13.2. The zero-order valence-corrected chi connectivity index (χ0v) is 8.42. The first-order chi connectivity index (χ1) is 7.15. The van der Waals surface area contributed by atoms with Crippen molar-refractivity contribution in [3.05, 3.63) is 35.4 Å². The number of benzene rings is 1. The van der Waals surface area contributed by atoms with Crippen molar-refractivity contribution >= 4 is 0 Å². The van der Waals surface area contributed by atoms with E-state index in [1.807, 2.05) is 0 Å². The van der Waals surface area contributed by atoms with Crippen LogP contribution in [0.3, 0.4) is 0 Å². The van der Waals surface area contributed by atoms with Gasteiger partial charge in [-0.05, 0) is 36.1 Å². The molecule has 0 amide bonds. The standard InChI is InChI=1S/C12H14F2O/c13-10-3-4-12(14)9(6-10)7-11(15)5-8-1-2-8/h3-4,6,8,11,15H,1-2,5,7H2. The summed E-state index contributed by atoms with van der Waals surface area (Å²) in [5.41, 5.74) is 0.267. The van der Waals surface area contributed by atoms with Crippen LogP contribution in [-0.2, 0) is 6.42 Å². The Hall–Kier alpha value is -0.960. The number of rotatable bonds is 4. The lowest BCUT2D eigenvalue weighted by molar-refractivity contribution is 0.157. The highest BCUT2D eigenvalue weighted by Gasteiger charge is 2.24. The molecule has 1 nitrogen and oxygen atoms in total. The lowest BCUT2D eigenvalue weighted by atomic mass is 10.0. The summed E-state index contributed by atoms with van der Waals surface area (Å²) < 4.78 is 26.0. The Balaban J connectivity index is 1.98. The average molecular weight is 212 g/mol. The number of aliphatic hydroxyl groups is 1. The molecule has 0 spiro atoms. The summed E-state index contributed by atoms with van der Waals surface area (Å²) in [6.07, 6.45) is 2.68. The molecule has 1 saturated carbocycles. The van der Waals surface area contributed by atoms with Crippen LogP contribution in [0.15, 0.2) is 18.2 Å². The van der Waals surface area contributed by atoms with Gasteiger partial charge in [-0.3, -0.25) is 0 Å². The summed E-state index contributed by atoms with van der Waals surface area (Å²) in [7, 11) is 0. The van der Waals surface area contributed by atoms with E-state index >= 15 is 0 Å². The summed E-state index contributed by atoms with van der Waals surface area (Å²) in [5.74, 6) is -0.298. The quantitative estimate of drug-likeness (QED) is 0.813. The van der Waals surface area contributed by atoms with Crippen LogP contribution >= 0.6 is 0 Å². The van der Waals surface area contributed by atoms with Gasteiger partial charge < -0.3 is 5.11 Å². The maximum atomic E-state index is 13.2. The van der Waals surface area contributed by atoms with E-state index in [1.54, 1.807) is 0 Å². The molecular weight excluding hydrogens is 198 g/mol. The predicted octanol–water partition coefficient (Wildman–Crippen LogP) is 2.67. The van der Waals surface area contributed by atoms with E-state index in [1.165, 1.54) is 0 Å². The molecule has 1 aliphatic carbocycles. The molecule has 0 aromatic heterocycles. The van der Waals surface area contributed by atoms with Crippen molar-refractivity contribution in [2.24, 2.45) is 5.92 Å². The topological polar surface area (TPSA) is 20.2 Å². The molecule has 0 aliphatic heterocycles. The van der Waals surface area contributed by atoms with Gasteiger partial charge in [-0.25, -0.2) is 8.78 Å². The molecule has 0 bridgehead atoms. The molecule has 0 heterocycles. The third kappa shape index (κ3) is 2.99. The maximum Gasteiger partial charge on any atom is 0.126 e. The van der Waals surface area contributed by atoms with Gasteiger partial charge in [-0.15, -0.1) is 0 Å². The van der Waals surface area contributed by atoms with Crippen LogP contribution in [0, 0.1) is 17.6 Å². The smallest absolute Gasteiger partial charge is 0.126 e. The fourth-order valence-corrected chi connectivity index (χ4v) is 1.78. The lowest BCUT2D eigenvalue weighted by Crippen LogP contribution is -2.12. The van der Waals surface area contributed by atoms with Gasteiger partial charge in [-0.1, -0.05) is 12.8 Å². The highest BCUT2D eigenvalue weighted by Crippen LogP contribution is 2.34. The molecule has 2 rings (SSSR count). The Bertz CT molecular complexity index is 347. The molecule has 1 atom stereocenters. The van der Waals surface area contributed by atoms with Crippen LogP contribution in [0.5, 0.6) is 0 Å². The number of halogens is 2. The van der Waals surface area contributed by atoms with Gasteiger partial charge in [0.1, 0.15) is 11.6 Å². The van der Waals surface area contributed by atoms with Gasteiger partial charge in [0.25, 0.3) is 0 Å². The van der Waals surface area contributed by atoms with Crippen molar-refractivity contribution in [3.63, 3.8) is 0 Å². The van der Waals surface area contributed by atoms with Crippen LogP contribution in [-0.4, -0.2) is 11.2 Å². The summed E-state index contributed by atoms with van der Waals surface area (Å²) >= 11 is 0. The van der Waals surface area contributed by atoms with E-state index in [9.17, 15) is 13.9 Å². The highest BCUT2D eigenvalue weighted by atomic mass is 19.1. The van der Waals surface area contributed by atoms with Crippen molar-refractivity contribution < 1.29 is 13.9 Å². The lowest BCUT2D eigenvalue weighted by Gasteiger charge is -2.10. The number of aliphatic hydroxyl groups excluding tert-OH is 1. The van der Waals surface area contributed by atoms with Crippen molar-refractivity contribution in [2.45, 2.75) is 31.8 Å². The molecule has 1 aliphatic rings. The summed E-state index contributed by atoms with van der Waals surface area (Å²) in [4.78, 5) is 0.